The van der Waals surface area contributed by atoms with E-state index in [9.17, 15) is 14.4 Å². The highest BCUT2D eigenvalue weighted by molar-refractivity contribution is 14.1. The molecule has 2 amide bonds. The number of esters is 1. The van der Waals surface area contributed by atoms with E-state index in [1.54, 1.807) is 6.08 Å². The Labute approximate surface area is 205 Å². The predicted octanol–water partition coefficient (Wildman–Crippen LogP) is 5.07. The molecule has 0 aliphatic carbocycles. The summed E-state index contributed by atoms with van der Waals surface area (Å²) in [5, 5.41) is -0.490. The number of imide groups is 1. The van der Waals surface area contributed by atoms with Crippen molar-refractivity contribution in [3.8, 4) is 5.75 Å². The van der Waals surface area contributed by atoms with Gasteiger partial charge in [-0.05, 0) is 105 Å². The van der Waals surface area contributed by atoms with Crippen LogP contribution in [0.3, 0.4) is 0 Å². The summed E-state index contributed by atoms with van der Waals surface area (Å²) in [5.41, 5.74) is 1.83. The normalized spacial score (nSPS) is 16.1. The van der Waals surface area contributed by atoms with Crippen molar-refractivity contribution in [2.45, 2.75) is 19.6 Å². The lowest BCUT2D eigenvalue weighted by molar-refractivity contribution is -0.148. The van der Waals surface area contributed by atoms with Crippen LogP contribution in [0.5, 0.6) is 5.75 Å². The molecule has 3 rings (SSSR count). The van der Waals surface area contributed by atoms with Crippen LogP contribution >= 0.6 is 56.9 Å². The highest BCUT2D eigenvalue weighted by Crippen LogP contribution is 2.34. The van der Waals surface area contributed by atoms with Crippen molar-refractivity contribution in [3.05, 3.63) is 65.6 Å². The van der Waals surface area contributed by atoms with E-state index in [2.05, 4.69) is 49.9 Å². The number of benzene rings is 2. The zero-order chi connectivity index (χ0) is 21.8. The summed E-state index contributed by atoms with van der Waals surface area (Å²) in [6.07, 6.45) is 1.64. The van der Waals surface area contributed by atoms with E-state index in [0.29, 0.717) is 6.61 Å². The summed E-state index contributed by atoms with van der Waals surface area (Å²) in [7, 11) is 1.22. The molecule has 1 atom stereocenters. The number of methoxy groups -OCH3 is 1. The van der Waals surface area contributed by atoms with Crippen LogP contribution in [0.25, 0.3) is 6.08 Å². The average molecular weight is 649 g/mol. The first-order valence-corrected chi connectivity index (χ1v) is 11.8. The minimum atomic E-state index is -0.967. The number of thioether (sulfide) groups is 1. The van der Waals surface area contributed by atoms with E-state index in [1.807, 2.05) is 42.5 Å². The Kier molecular flexibility index (Phi) is 7.80. The number of amides is 2. The molecule has 0 spiro atoms. The van der Waals surface area contributed by atoms with E-state index in [4.69, 9.17) is 4.74 Å². The molecule has 1 heterocycles. The third-order valence-corrected chi connectivity index (χ3v) is 6.76. The Hall–Kier alpha value is -1.60. The third-order valence-electron chi connectivity index (χ3n) is 4.31. The quantitative estimate of drug-likeness (QED) is 0.247. The topological polar surface area (TPSA) is 72.9 Å². The van der Waals surface area contributed by atoms with Crippen molar-refractivity contribution >= 4 is 80.1 Å². The molecule has 0 N–H and O–H groups in total. The number of carbonyl (C=O) groups excluding carboxylic acids is 3. The van der Waals surface area contributed by atoms with E-state index in [0.717, 1.165) is 37.1 Å². The monoisotopic (exact) mass is 649 g/mol. The van der Waals surface area contributed by atoms with Gasteiger partial charge in [-0.3, -0.25) is 14.5 Å². The van der Waals surface area contributed by atoms with Gasteiger partial charge in [-0.2, -0.15) is 0 Å². The van der Waals surface area contributed by atoms with Gasteiger partial charge in [0.15, 0.2) is 0 Å². The molecular weight excluding hydrogens is 632 g/mol. The van der Waals surface area contributed by atoms with Crippen LogP contribution in [0.1, 0.15) is 18.1 Å². The van der Waals surface area contributed by atoms with Gasteiger partial charge in [-0.15, -0.1) is 0 Å². The standard InChI is InChI=1S/C21H17I2NO5S/c1-12(20(26)28-2)24-19(25)18(30-21(24)27)10-14-5-8-17(16(23)9-14)29-11-13-3-6-15(22)7-4-13/h3-10,12H,11H2,1-2H3/b18-10+/t12-/m0/s1. The highest BCUT2D eigenvalue weighted by Gasteiger charge is 2.41. The number of carbonyl (C=O) groups is 3. The zero-order valence-corrected chi connectivity index (χ0v) is 21.2. The van der Waals surface area contributed by atoms with Crippen molar-refractivity contribution in [2.75, 3.05) is 7.11 Å². The highest BCUT2D eigenvalue weighted by atomic mass is 127. The number of nitrogens with zero attached hydrogens (tertiary/aromatic N) is 1. The third kappa shape index (κ3) is 5.35. The Morgan fingerprint density at radius 2 is 1.87 bits per heavy atom. The number of hydrogen-bond acceptors (Lipinski definition) is 6. The first kappa shape index (κ1) is 23.1. The van der Waals surface area contributed by atoms with Crippen molar-refractivity contribution in [1.82, 2.24) is 4.90 Å². The molecule has 1 aliphatic rings. The number of rotatable bonds is 6. The molecule has 9 heteroatoms. The summed E-state index contributed by atoms with van der Waals surface area (Å²) in [4.78, 5) is 37.7. The van der Waals surface area contributed by atoms with Crippen LogP contribution in [0.4, 0.5) is 4.79 Å². The van der Waals surface area contributed by atoms with Crippen LogP contribution in [0.15, 0.2) is 47.4 Å². The second-order valence-electron chi connectivity index (χ2n) is 6.36. The maximum absolute atomic E-state index is 12.6. The Balaban J connectivity index is 1.72. The van der Waals surface area contributed by atoms with E-state index in [-0.39, 0.29) is 4.91 Å². The van der Waals surface area contributed by atoms with Gasteiger partial charge in [0.25, 0.3) is 11.1 Å². The van der Waals surface area contributed by atoms with Crippen molar-refractivity contribution in [3.63, 3.8) is 0 Å². The molecule has 0 bridgehead atoms. The number of ether oxygens (including phenoxy) is 2. The SMILES string of the molecule is COC(=O)[C@H](C)N1C(=O)S/C(=C/c2ccc(OCc3ccc(I)cc3)c(I)c2)C1=O. The van der Waals surface area contributed by atoms with Crippen LogP contribution in [-0.2, 0) is 20.9 Å². The number of hydrogen-bond donors (Lipinski definition) is 0. The molecule has 0 radical (unpaired) electrons. The second kappa shape index (κ2) is 10.1. The average Bonchev–Trinajstić information content (AvgIpc) is 3.00. The fourth-order valence-corrected chi connectivity index (χ4v) is 4.67. The molecule has 6 nitrogen and oxygen atoms in total. The number of halogens is 2. The Morgan fingerprint density at radius 1 is 1.17 bits per heavy atom. The molecule has 0 saturated carbocycles. The largest absolute Gasteiger partial charge is 0.488 e. The summed E-state index contributed by atoms with van der Waals surface area (Å²) in [6.45, 7) is 1.92. The summed E-state index contributed by atoms with van der Waals surface area (Å²) in [6, 6.07) is 12.7. The summed E-state index contributed by atoms with van der Waals surface area (Å²) in [5.74, 6) is -0.404. The van der Waals surface area contributed by atoms with E-state index >= 15 is 0 Å². The maximum atomic E-state index is 12.6. The fourth-order valence-electron chi connectivity index (χ4n) is 2.71. The van der Waals surface area contributed by atoms with Crippen LogP contribution in [-0.4, -0.2) is 35.2 Å². The lowest BCUT2D eigenvalue weighted by Gasteiger charge is -2.18. The minimum absolute atomic E-state index is 0.263. The molecule has 1 fully saturated rings. The van der Waals surface area contributed by atoms with Crippen LogP contribution in [0, 0.1) is 7.14 Å². The van der Waals surface area contributed by atoms with Crippen LogP contribution in [0.2, 0.25) is 0 Å². The lowest BCUT2D eigenvalue weighted by atomic mass is 10.2. The van der Waals surface area contributed by atoms with Gasteiger partial charge in [0, 0.05) is 3.57 Å². The molecule has 0 aromatic heterocycles. The van der Waals surface area contributed by atoms with Gasteiger partial charge in [0.1, 0.15) is 18.4 Å². The van der Waals surface area contributed by atoms with Crippen molar-refractivity contribution in [2.24, 2.45) is 0 Å². The van der Waals surface area contributed by atoms with Gasteiger partial charge in [0.05, 0.1) is 15.6 Å². The molecular formula is C21H17I2NO5S. The van der Waals surface area contributed by atoms with Crippen molar-refractivity contribution in [1.29, 1.82) is 0 Å². The first-order valence-electron chi connectivity index (χ1n) is 8.82. The molecule has 1 saturated heterocycles. The first-order chi connectivity index (χ1) is 14.3. The second-order valence-corrected chi connectivity index (χ2v) is 9.76. The lowest BCUT2D eigenvalue weighted by Crippen LogP contribution is -2.42. The summed E-state index contributed by atoms with van der Waals surface area (Å²) < 4.78 is 12.6. The molecule has 0 unspecified atom stereocenters. The van der Waals surface area contributed by atoms with E-state index in [1.165, 1.54) is 17.6 Å². The molecule has 30 heavy (non-hydrogen) atoms. The molecule has 2 aromatic carbocycles. The smallest absolute Gasteiger partial charge is 0.328 e. The van der Waals surface area contributed by atoms with Gasteiger partial charge >= 0.3 is 5.97 Å². The van der Waals surface area contributed by atoms with Gasteiger partial charge in [0.2, 0.25) is 0 Å². The van der Waals surface area contributed by atoms with Gasteiger partial charge in [-0.1, -0.05) is 18.2 Å². The van der Waals surface area contributed by atoms with Gasteiger partial charge in [-0.25, -0.2) is 4.79 Å². The van der Waals surface area contributed by atoms with Gasteiger partial charge < -0.3 is 9.47 Å². The Morgan fingerprint density at radius 3 is 2.50 bits per heavy atom. The minimum Gasteiger partial charge on any atom is -0.488 e. The zero-order valence-electron chi connectivity index (χ0n) is 16.1. The van der Waals surface area contributed by atoms with Crippen LogP contribution < -0.4 is 4.74 Å². The van der Waals surface area contributed by atoms with Crippen molar-refractivity contribution < 1.29 is 23.9 Å². The Bertz CT molecular complexity index is 1020. The van der Waals surface area contributed by atoms with E-state index < -0.39 is 23.2 Å². The predicted molar refractivity (Wildman–Crippen MR) is 132 cm³/mol. The summed E-state index contributed by atoms with van der Waals surface area (Å²) >= 11 is 5.24. The molecule has 1 aliphatic heterocycles. The fraction of sp³-hybridized carbons (Fsp3) is 0.190. The maximum Gasteiger partial charge on any atom is 0.328 e. The molecule has 2 aromatic rings. The molecule has 156 valence electrons.